The molecule has 0 aromatic carbocycles. The summed E-state index contributed by atoms with van der Waals surface area (Å²) < 4.78 is 38.2. The molecule has 0 amide bonds. The molecule has 0 saturated carbocycles. The van der Waals surface area contributed by atoms with Gasteiger partial charge in [0.05, 0.1) is 5.56 Å². The summed E-state index contributed by atoms with van der Waals surface area (Å²) in [5.74, 6) is 1.12. The summed E-state index contributed by atoms with van der Waals surface area (Å²) in [6.45, 7) is 4.94. The maximum Gasteiger partial charge on any atom is 0.416 e. The van der Waals surface area contributed by atoms with E-state index in [-0.39, 0.29) is 11.6 Å². The number of nitrogens with one attached hydrogen (secondary N) is 2. The molecule has 1 rings (SSSR count). The van der Waals surface area contributed by atoms with E-state index in [4.69, 9.17) is 0 Å². The smallest absolute Gasteiger partial charge is 0.373 e. The van der Waals surface area contributed by atoms with Crippen LogP contribution in [0.1, 0.15) is 38.7 Å². The highest BCUT2D eigenvalue weighted by atomic mass is 19.4. The van der Waals surface area contributed by atoms with Crippen molar-refractivity contribution in [1.82, 2.24) is 4.98 Å². The molecule has 20 heavy (non-hydrogen) atoms. The van der Waals surface area contributed by atoms with Gasteiger partial charge in [-0.3, -0.25) is 0 Å². The van der Waals surface area contributed by atoms with Crippen LogP contribution in [0.15, 0.2) is 12.1 Å². The molecular formula is C14H22F3N3. The van der Waals surface area contributed by atoms with Gasteiger partial charge in [-0.25, -0.2) is 4.98 Å². The molecule has 1 heterocycles. The fraction of sp³-hybridized carbons (Fsp3) is 0.643. The monoisotopic (exact) mass is 289 g/mol. The van der Waals surface area contributed by atoms with Crippen LogP contribution in [0.4, 0.5) is 24.8 Å². The van der Waals surface area contributed by atoms with Crippen molar-refractivity contribution in [3.63, 3.8) is 0 Å². The van der Waals surface area contributed by atoms with Crippen LogP contribution in [-0.2, 0) is 6.18 Å². The maximum atomic E-state index is 12.7. The number of unbranched alkanes of at least 4 members (excludes halogenated alkanes) is 1. The van der Waals surface area contributed by atoms with E-state index in [1.807, 2.05) is 0 Å². The topological polar surface area (TPSA) is 37.0 Å². The maximum absolute atomic E-state index is 12.7. The molecule has 6 heteroatoms. The van der Waals surface area contributed by atoms with Gasteiger partial charge in [0.2, 0.25) is 0 Å². The molecule has 1 aromatic rings. The number of nitrogens with zero attached hydrogens (tertiary/aromatic N) is 1. The molecule has 0 saturated heterocycles. The number of anilines is 2. The first-order chi connectivity index (χ1) is 9.32. The van der Waals surface area contributed by atoms with Crippen molar-refractivity contribution in [3.05, 3.63) is 17.7 Å². The molecule has 2 N–H and O–H groups in total. The Kier molecular flexibility index (Phi) is 6.10. The highest BCUT2D eigenvalue weighted by Gasteiger charge is 2.31. The second-order valence-corrected chi connectivity index (χ2v) is 5.19. The van der Waals surface area contributed by atoms with Gasteiger partial charge in [-0.05, 0) is 24.5 Å². The Morgan fingerprint density at radius 1 is 1.15 bits per heavy atom. The van der Waals surface area contributed by atoms with Crippen molar-refractivity contribution in [2.45, 2.75) is 39.3 Å². The highest BCUT2D eigenvalue weighted by molar-refractivity contribution is 5.49. The summed E-state index contributed by atoms with van der Waals surface area (Å²) in [6.07, 6.45) is -1.25. The number of halogens is 3. The number of aromatic nitrogens is 1. The van der Waals surface area contributed by atoms with E-state index in [1.165, 1.54) is 0 Å². The molecule has 0 aliphatic carbocycles. The summed E-state index contributed by atoms with van der Waals surface area (Å²) in [4.78, 5) is 4.08. The minimum Gasteiger partial charge on any atom is -0.373 e. The summed E-state index contributed by atoms with van der Waals surface area (Å²) >= 11 is 0. The number of hydrogen-bond donors (Lipinski definition) is 2. The van der Waals surface area contributed by atoms with Gasteiger partial charge in [-0.2, -0.15) is 13.2 Å². The first kappa shape index (κ1) is 16.6. The fourth-order valence-corrected chi connectivity index (χ4v) is 1.81. The van der Waals surface area contributed by atoms with E-state index in [9.17, 15) is 13.2 Å². The average molecular weight is 289 g/mol. The van der Waals surface area contributed by atoms with Gasteiger partial charge in [0.1, 0.15) is 11.6 Å². The normalized spacial score (nSPS) is 11.8. The van der Waals surface area contributed by atoms with Crippen LogP contribution < -0.4 is 10.6 Å². The third-order valence-electron chi connectivity index (χ3n) is 2.92. The van der Waals surface area contributed by atoms with Crippen LogP contribution in [0.25, 0.3) is 0 Å². The summed E-state index contributed by atoms with van der Waals surface area (Å²) in [5, 5.41) is 5.60. The molecule has 3 nitrogen and oxygen atoms in total. The zero-order valence-electron chi connectivity index (χ0n) is 12.1. The number of hydrogen-bond acceptors (Lipinski definition) is 3. The van der Waals surface area contributed by atoms with Crippen molar-refractivity contribution in [2.24, 2.45) is 5.92 Å². The van der Waals surface area contributed by atoms with E-state index in [2.05, 4.69) is 29.5 Å². The van der Waals surface area contributed by atoms with E-state index in [0.29, 0.717) is 12.5 Å². The molecule has 0 aliphatic rings. The third-order valence-corrected chi connectivity index (χ3v) is 2.92. The van der Waals surface area contributed by atoms with Crippen molar-refractivity contribution in [2.75, 3.05) is 24.2 Å². The summed E-state index contributed by atoms with van der Waals surface area (Å²) in [5.41, 5.74) is -0.693. The Morgan fingerprint density at radius 3 is 2.35 bits per heavy atom. The van der Waals surface area contributed by atoms with Crippen LogP contribution >= 0.6 is 0 Å². The van der Waals surface area contributed by atoms with Gasteiger partial charge in [0, 0.05) is 13.6 Å². The molecule has 114 valence electrons. The third kappa shape index (κ3) is 5.67. The van der Waals surface area contributed by atoms with Gasteiger partial charge < -0.3 is 10.6 Å². The molecular weight excluding hydrogens is 267 g/mol. The van der Waals surface area contributed by atoms with Gasteiger partial charge in [0.25, 0.3) is 0 Å². The fourth-order valence-electron chi connectivity index (χ4n) is 1.81. The SMILES string of the molecule is CNc1cc(C(F)(F)F)cc(NCCCCC(C)C)n1. The molecule has 0 radical (unpaired) electrons. The van der Waals surface area contributed by atoms with E-state index in [0.717, 1.165) is 31.4 Å². The lowest BCUT2D eigenvalue weighted by molar-refractivity contribution is -0.137. The molecule has 0 unspecified atom stereocenters. The lowest BCUT2D eigenvalue weighted by Gasteiger charge is -2.12. The van der Waals surface area contributed by atoms with Gasteiger partial charge >= 0.3 is 6.18 Å². The van der Waals surface area contributed by atoms with Crippen LogP contribution in [0, 0.1) is 5.92 Å². The van der Waals surface area contributed by atoms with Crippen molar-refractivity contribution in [1.29, 1.82) is 0 Å². The van der Waals surface area contributed by atoms with E-state index < -0.39 is 11.7 Å². The van der Waals surface area contributed by atoms with Crippen LogP contribution in [0.5, 0.6) is 0 Å². The van der Waals surface area contributed by atoms with E-state index >= 15 is 0 Å². The first-order valence-corrected chi connectivity index (χ1v) is 6.84. The minimum absolute atomic E-state index is 0.213. The Labute approximate surface area is 118 Å². The molecule has 0 bridgehead atoms. The van der Waals surface area contributed by atoms with Crippen LogP contribution in [0.2, 0.25) is 0 Å². The number of pyridine rings is 1. The first-order valence-electron chi connectivity index (χ1n) is 6.84. The molecule has 0 spiro atoms. The predicted molar refractivity (Wildman–Crippen MR) is 76.0 cm³/mol. The standard InChI is InChI=1S/C14H22F3N3/c1-10(2)6-4-5-7-19-13-9-11(14(15,16)17)8-12(18-3)20-13/h8-10H,4-7H2,1-3H3,(H2,18,19,20). The zero-order valence-corrected chi connectivity index (χ0v) is 12.1. The van der Waals surface area contributed by atoms with Crippen LogP contribution in [0.3, 0.4) is 0 Å². The number of alkyl halides is 3. The number of rotatable bonds is 7. The van der Waals surface area contributed by atoms with Crippen molar-refractivity contribution in [3.8, 4) is 0 Å². The Balaban J connectivity index is 2.61. The quantitative estimate of drug-likeness (QED) is 0.731. The Bertz CT molecular complexity index is 417. The lowest BCUT2D eigenvalue weighted by Crippen LogP contribution is -2.10. The Morgan fingerprint density at radius 2 is 1.80 bits per heavy atom. The second-order valence-electron chi connectivity index (χ2n) is 5.19. The van der Waals surface area contributed by atoms with Gasteiger partial charge in [-0.15, -0.1) is 0 Å². The largest absolute Gasteiger partial charge is 0.416 e. The molecule has 1 aromatic heterocycles. The highest BCUT2D eigenvalue weighted by Crippen LogP contribution is 2.31. The molecule has 0 fully saturated rings. The molecule has 0 aliphatic heterocycles. The van der Waals surface area contributed by atoms with Gasteiger partial charge in [0.15, 0.2) is 0 Å². The van der Waals surface area contributed by atoms with Crippen LogP contribution in [-0.4, -0.2) is 18.6 Å². The summed E-state index contributed by atoms with van der Waals surface area (Å²) in [6, 6.07) is 2.05. The Hall–Kier alpha value is -1.46. The predicted octanol–water partition coefficient (Wildman–Crippen LogP) is 4.38. The van der Waals surface area contributed by atoms with Crippen molar-refractivity contribution < 1.29 is 13.2 Å². The average Bonchev–Trinajstić information content (AvgIpc) is 2.36. The minimum atomic E-state index is -4.36. The second kappa shape index (κ2) is 7.36. The zero-order chi connectivity index (χ0) is 15.2. The lowest BCUT2D eigenvalue weighted by atomic mass is 10.1. The van der Waals surface area contributed by atoms with E-state index in [1.54, 1.807) is 7.05 Å². The van der Waals surface area contributed by atoms with Crippen molar-refractivity contribution >= 4 is 11.6 Å². The van der Waals surface area contributed by atoms with Gasteiger partial charge in [-0.1, -0.05) is 26.7 Å². The summed E-state index contributed by atoms with van der Waals surface area (Å²) in [7, 11) is 1.55. The molecule has 0 atom stereocenters.